The first-order valence-corrected chi connectivity index (χ1v) is 3.43. The minimum atomic E-state index is 0.537. The van der Waals surface area contributed by atoms with Gasteiger partial charge in [-0.05, 0) is 0 Å². The van der Waals surface area contributed by atoms with Crippen molar-refractivity contribution >= 4 is 11.3 Å². The molecular weight excluding hydrogens is 134 g/mol. The smallest absolute Gasteiger partial charge is 0.118 e. The second kappa shape index (κ2) is 3.15. The highest BCUT2D eigenvalue weighted by molar-refractivity contribution is 7.09. The Hall–Kier alpha value is -0.950. The van der Waals surface area contributed by atoms with Gasteiger partial charge in [0.05, 0.1) is 6.07 Å². The number of hydrogen-bond acceptors (Lipinski definition) is 4. The summed E-state index contributed by atoms with van der Waals surface area (Å²) in [4.78, 5) is 0. The average molecular weight is 139 g/mol. The Labute approximate surface area is 57.0 Å². The van der Waals surface area contributed by atoms with Crippen molar-refractivity contribution in [2.75, 3.05) is 0 Å². The van der Waals surface area contributed by atoms with Crippen LogP contribution >= 0.6 is 11.3 Å². The highest BCUT2D eigenvalue weighted by Crippen LogP contribution is 2.02. The first-order chi connectivity index (χ1) is 4.43. The Morgan fingerprint density at radius 1 is 1.78 bits per heavy atom. The van der Waals surface area contributed by atoms with E-state index in [0.29, 0.717) is 6.42 Å². The largest absolute Gasteiger partial charge is 0.198 e. The highest BCUT2D eigenvalue weighted by atomic mass is 32.1. The van der Waals surface area contributed by atoms with E-state index >= 15 is 0 Å². The molecule has 4 heteroatoms. The number of aryl methyl sites for hydroxylation is 1. The van der Waals surface area contributed by atoms with Crippen molar-refractivity contribution in [2.24, 2.45) is 0 Å². The summed E-state index contributed by atoms with van der Waals surface area (Å²) in [5.74, 6) is 0. The van der Waals surface area contributed by atoms with Gasteiger partial charge in [-0.1, -0.05) is 0 Å². The predicted octanol–water partition coefficient (Wildman–Crippen LogP) is 0.994. The third kappa shape index (κ3) is 1.78. The van der Waals surface area contributed by atoms with Crippen LogP contribution in [-0.2, 0) is 6.42 Å². The molecule has 0 bridgehead atoms. The van der Waals surface area contributed by atoms with Crippen molar-refractivity contribution < 1.29 is 0 Å². The molecule has 1 aromatic heterocycles. The molecule has 1 heterocycles. The van der Waals surface area contributed by atoms with Gasteiger partial charge in [-0.3, -0.25) is 0 Å². The van der Waals surface area contributed by atoms with Gasteiger partial charge < -0.3 is 0 Å². The summed E-state index contributed by atoms with van der Waals surface area (Å²) in [6.45, 7) is 0. The Morgan fingerprint density at radius 2 is 2.67 bits per heavy atom. The fourth-order valence-corrected chi connectivity index (χ4v) is 0.998. The summed E-state index contributed by atoms with van der Waals surface area (Å²) in [5, 5.41) is 16.5. The Bertz CT molecular complexity index is 198. The van der Waals surface area contributed by atoms with Crippen molar-refractivity contribution in [3.8, 4) is 6.07 Å². The number of nitrogens with zero attached hydrogens (tertiary/aromatic N) is 3. The van der Waals surface area contributed by atoms with E-state index in [1.165, 1.54) is 11.3 Å². The van der Waals surface area contributed by atoms with Crippen molar-refractivity contribution in [3.05, 3.63) is 10.5 Å². The molecule has 0 spiro atoms. The Morgan fingerprint density at radius 3 is 3.22 bits per heavy atom. The van der Waals surface area contributed by atoms with E-state index in [0.717, 1.165) is 11.4 Å². The molecule has 0 atom stereocenters. The monoisotopic (exact) mass is 139 g/mol. The van der Waals surface area contributed by atoms with Crippen LogP contribution in [0.4, 0.5) is 0 Å². The zero-order valence-corrected chi connectivity index (χ0v) is 5.56. The summed E-state index contributed by atoms with van der Waals surface area (Å²) in [6, 6.07) is 2.04. The van der Waals surface area contributed by atoms with Gasteiger partial charge in [-0.15, -0.1) is 21.5 Å². The molecule has 3 nitrogen and oxygen atoms in total. The Kier molecular flexibility index (Phi) is 2.16. The lowest BCUT2D eigenvalue weighted by Gasteiger charge is -1.80. The normalized spacial score (nSPS) is 8.78. The maximum atomic E-state index is 8.17. The van der Waals surface area contributed by atoms with Crippen molar-refractivity contribution in [1.82, 2.24) is 10.2 Å². The zero-order chi connectivity index (χ0) is 6.53. The number of nitriles is 1. The van der Waals surface area contributed by atoms with E-state index in [-0.39, 0.29) is 0 Å². The average Bonchev–Trinajstić information content (AvgIpc) is 2.34. The first kappa shape index (κ1) is 6.17. The molecule has 0 amide bonds. The van der Waals surface area contributed by atoms with E-state index in [4.69, 9.17) is 5.26 Å². The van der Waals surface area contributed by atoms with E-state index in [1.807, 2.05) is 6.07 Å². The van der Waals surface area contributed by atoms with Crippen LogP contribution in [0.3, 0.4) is 0 Å². The lowest BCUT2D eigenvalue weighted by Crippen LogP contribution is -1.80. The van der Waals surface area contributed by atoms with E-state index in [2.05, 4.69) is 10.2 Å². The van der Waals surface area contributed by atoms with E-state index < -0.39 is 0 Å². The van der Waals surface area contributed by atoms with Gasteiger partial charge in [-0.25, -0.2) is 0 Å². The van der Waals surface area contributed by atoms with Crippen molar-refractivity contribution in [3.63, 3.8) is 0 Å². The third-order valence-electron chi connectivity index (χ3n) is 0.856. The first-order valence-electron chi connectivity index (χ1n) is 2.55. The molecule has 0 saturated carbocycles. The van der Waals surface area contributed by atoms with Gasteiger partial charge in [0.15, 0.2) is 0 Å². The van der Waals surface area contributed by atoms with Gasteiger partial charge in [0, 0.05) is 12.8 Å². The van der Waals surface area contributed by atoms with Crippen LogP contribution in [0.2, 0.25) is 0 Å². The van der Waals surface area contributed by atoms with E-state index in [1.54, 1.807) is 5.51 Å². The molecule has 0 saturated heterocycles. The third-order valence-corrected chi connectivity index (χ3v) is 1.61. The minimum absolute atomic E-state index is 0.537. The van der Waals surface area contributed by atoms with Gasteiger partial charge in [0.1, 0.15) is 10.5 Å². The molecule has 0 aromatic carbocycles. The van der Waals surface area contributed by atoms with Gasteiger partial charge in [0.25, 0.3) is 0 Å². The quantitative estimate of drug-likeness (QED) is 0.614. The summed E-state index contributed by atoms with van der Waals surface area (Å²) >= 11 is 1.49. The SMILES string of the molecule is N#CCCc1nncs1. The van der Waals surface area contributed by atoms with Gasteiger partial charge in [0.2, 0.25) is 0 Å². The van der Waals surface area contributed by atoms with Crippen LogP contribution in [0, 0.1) is 11.3 Å². The summed E-state index contributed by atoms with van der Waals surface area (Å²) < 4.78 is 0. The van der Waals surface area contributed by atoms with Crippen molar-refractivity contribution in [1.29, 1.82) is 5.26 Å². The topological polar surface area (TPSA) is 49.6 Å². The van der Waals surface area contributed by atoms with Crippen LogP contribution in [0.25, 0.3) is 0 Å². The van der Waals surface area contributed by atoms with Gasteiger partial charge in [-0.2, -0.15) is 5.26 Å². The van der Waals surface area contributed by atoms with Crippen molar-refractivity contribution in [2.45, 2.75) is 12.8 Å². The Balaban J connectivity index is 2.41. The van der Waals surface area contributed by atoms with Crippen LogP contribution in [0.1, 0.15) is 11.4 Å². The lowest BCUT2D eigenvalue weighted by atomic mass is 10.3. The maximum Gasteiger partial charge on any atom is 0.118 e. The highest BCUT2D eigenvalue weighted by Gasteiger charge is 1.93. The number of hydrogen-bond donors (Lipinski definition) is 0. The molecule has 9 heavy (non-hydrogen) atoms. The zero-order valence-electron chi connectivity index (χ0n) is 4.74. The summed E-state index contributed by atoms with van der Waals surface area (Å²) in [5.41, 5.74) is 1.67. The van der Waals surface area contributed by atoms with Gasteiger partial charge >= 0.3 is 0 Å². The molecule has 0 fully saturated rings. The molecule has 0 radical (unpaired) electrons. The molecule has 0 aliphatic rings. The fourth-order valence-electron chi connectivity index (χ4n) is 0.468. The van der Waals surface area contributed by atoms with Crippen LogP contribution in [0.5, 0.6) is 0 Å². The van der Waals surface area contributed by atoms with E-state index in [9.17, 15) is 0 Å². The standard InChI is InChI=1S/C5H5N3S/c6-3-1-2-5-8-7-4-9-5/h4H,1-2H2. The molecule has 0 N–H and O–H groups in total. The second-order valence-electron chi connectivity index (χ2n) is 1.49. The number of rotatable bonds is 2. The summed E-state index contributed by atoms with van der Waals surface area (Å²) in [7, 11) is 0. The molecule has 1 aromatic rings. The van der Waals surface area contributed by atoms with Crippen LogP contribution < -0.4 is 0 Å². The molecule has 0 unspecified atom stereocenters. The molecule has 0 aliphatic heterocycles. The molecule has 0 aliphatic carbocycles. The molecule has 46 valence electrons. The lowest BCUT2D eigenvalue weighted by molar-refractivity contribution is 0.933. The maximum absolute atomic E-state index is 8.17. The predicted molar refractivity (Wildman–Crippen MR) is 33.8 cm³/mol. The molecular formula is C5H5N3S. The fraction of sp³-hybridized carbons (Fsp3) is 0.400. The molecule has 1 rings (SSSR count). The minimum Gasteiger partial charge on any atom is -0.198 e. The summed E-state index contributed by atoms with van der Waals surface area (Å²) in [6.07, 6.45) is 1.27. The number of aromatic nitrogens is 2. The van der Waals surface area contributed by atoms with Crippen LogP contribution in [0.15, 0.2) is 5.51 Å². The van der Waals surface area contributed by atoms with Crippen LogP contribution in [-0.4, -0.2) is 10.2 Å². The second-order valence-corrected chi connectivity index (χ2v) is 2.41.